The number of ether oxygens (including phenoxy) is 2. The highest BCUT2D eigenvalue weighted by molar-refractivity contribution is 5.77. The maximum absolute atomic E-state index is 12.5. The second-order valence-corrected chi connectivity index (χ2v) is 9.95. The molecule has 2 aromatic rings. The van der Waals surface area contributed by atoms with E-state index < -0.39 is 0 Å². The number of methoxy groups -OCH3 is 1. The van der Waals surface area contributed by atoms with Crippen LogP contribution >= 0.6 is 0 Å². The van der Waals surface area contributed by atoms with Crippen molar-refractivity contribution in [1.82, 2.24) is 9.88 Å². The van der Waals surface area contributed by atoms with Gasteiger partial charge in [0.15, 0.2) is 0 Å². The van der Waals surface area contributed by atoms with Gasteiger partial charge < -0.3 is 19.3 Å². The normalized spacial score (nSPS) is 18.9. The molecule has 2 fully saturated rings. The lowest BCUT2D eigenvalue weighted by Crippen LogP contribution is -2.54. The van der Waals surface area contributed by atoms with Crippen molar-refractivity contribution in [3.8, 4) is 11.8 Å². The Labute approximate surface area is 208 Å². The molecular formula is C28H36N4O3. The van der Waals surface area contributed by atoms with Gasteiger partial charge in [0.1, 0.15) is 23.7 Å². The molecule has 7 nitrogen and oxygen atoms in total. The number of carbonyl (C=O) groups is 1. The van der Waals surface area contributed by atoms with E-state index in [-0.39, 0.29) is 24.0 Å². The molecule has 2 heterocycles. The topological polar surface area (TPSA) is 78.7 Å². The highest BCUT2D eigenvalue weighted by Gasteiger charge is 2.34. The first kappa shape index (κ1) is 25.0. The Morgan fingerprint density at radius 3 is 2.57 bits per heavy atom. The summed E-state index contributed by atoms with van der Waals surface area (Å²) in [6.07, 6.45) is 2.45. The zero-order valence-electron chi connectivity index (χ0n) is 21.2. The third-order valence-corrected chi connectivity index (χ3v) is 6.83. The smallest absolute Gasteiger partial charge is 0.225 e. The minimum Gasteiger partial charge on any atom is -0.483 e. The molecule has 2 unspecified atom stereocenters. The van der Waals surface area contributed by atoms with Crippen LogP contribution in [0.15, 0.2) is 36.4 Å². The fourth-order valence-corrected chi connectivity index (χ4v) is 4.79. The number of piperazine rings is 1. The molecule has 1 saturated heterocycles. The van der Waals surface area contributed by atoms with Gasteiger partial charge in [-0.05, 0) is 31.2 Å². The maximum atomic E-state index is 12.5. The van der Waals surface area contributed by atoms with Gasteiger partial charge in [0.2, 0.25) is 5.91 Å². The average Bonchev–Trinajstić information content (AvgIpc) is 3.71. The highest BCUT2D eigenvalue weighted by atomic mass is 16.5. The van der Waals surface area contributed by atoms with Crippen molar-refractivity contribution in [1.29, 1.82) is 5.26 Å². The minimum atomic E-state index is -0.116. The van der Waals surface area contributed by atoms with Crippen LogP contribution in [0.1, 0.15) is 68.9 Å². The fraction of sp³-hybridized carbons (Fsp3) is 0.536. The number of amides is 1. The Kier molecular flexibility index (Phi) is 7.92. The summed E-state index contributed by atoms with van der Waals surface area (Å²) in [6, 6.07) is 14.5. The molecule has 0 spiro atoms. The van der Waals surface area contributed by atoms with Gasteiger partial charge in [-0.3, -0.25) is 4.79 Å². The molecule has 186 valence electrons. The first-order chi connectivity index (χ1) is 16.9. The lowest BCUT2D eigenvalue weighted by Gasteiger charge is -2.41. The summed E-state index contributed by atoms with van der Waals surface area (Å²) in [5, 5.41) is 10.0. The quantitative estimate of drug-likeness (QED) is 0.523. The van der Waals surface area contributed by atoms with Crippen LogP contribution in [0.4, 0.5) is 5.82 Å². The van der Waals surface area contributed by atoms with E-state index in [2.05, 4.69) is 43.9 Å². The Morgan fingerprint density at radius 1 is 1.23 bits per heavy atom. The molecule has 1 aromatic carbocycles. The van der Waals surface area contributed by atoms with Crippen LogP contribution in [0.25, 0.3) is 0 Å². The zero-order valence-corrected chi connectivity index (χ0v) is 21.2. The summed E-state index contributed by atoms with van der Waals surface area (Å²) in [6.45, 7) is 8.67. The van der Waals surface area contributed by atoms with Gasteiger partial charge in [0, 0.05) is 44.8 Å². The van der Waals surface area contributed by atoms with Gasteiger partial charge in [0.05, 0.1) is 24.3 Å². The molecule has 1 amide bonds. The molecule has 0 bridgehead atoms. The SMILES string of the molecule is COCCC(=O)N1CCN(c2nc(C3CC3)c(OC(c3ccccc3)C(C)C)cc2C#N)CC1C. The standard InChI is InChI=1S/C28H36N4O3/c1-19(2)27(22-8-6-5-7-9-22)35-24-16-23(17-29)28(30-26(24)21-10-11-21)31-13-14-32(20(3)18-31)25(33)12-15-34-4/h5-9,16,19-21,27H,10-15,18H2,1-4H3. The van der Waals surface area contributed by atoms with Gasteiger partial charge in [0.25, 0.3) is 0 Å². The Balaban J connectivity index is 1.59. The molecule has 2 aliphatic rings. The third kappa shape index (κ3) is 5.76. The number of hydrogen-bond acceptors (Lipinski definition) is 6. The predicted octanol–water partition coefficient (Wildman–Crippen LogP) is 4.68. The fourth-order valence-electron chi connectivity index (χ4n) is 4.79. The molecule has 7 heteroatoms. The number of pyridine rings is 1. The van der Waals surface area contributed by atoms with Crippen molar-refractivity contribution in [2.24, 2.45) is 5.92 Å². The summed E-state index contributed by atoms with van der Waals surface area (Å²) in [7, 11) is 1.61. The van der Waals surface area contributed by atoms with Gasteiger partial charge in [-0.2, -0.15) is 5.26 Å². The molecule has 1 saturated carbocycles. The van der Waals surface area contributed by atoms with Crippen LogP contribution in [0.5, 0.6) is 5.75 Å². The van der Waals surface area contributed by atoms with Gasteiger partial charge in [-0.25, -0.2) is 4.98 Å². The van der Waals surface area contributed by atoms with E-state index in [0.717, 1.165) is 29.8 Å². The van der Waals surface area contributed by atoms with Crippen molar-refractivity contribution in [2.45, 2.75) is 58.1 Å². The Bertz CT molecular complexity index is 1060. The number of nitriles is 1. The van der Waals surface area contributed by atoms with E-state index >= 15 is 0 Å². The Morgan fingerprint density at radius 2 is 1.97 bits per heavy atom. The second-order valence-electron chi connectivity index (χ2n) is 9.95. The molecule has 1 aromatic heterocycles. The van der Waals surface area contributed by atoms with E-state index in [0.29, 0.717) is 50.0 Å². The second kappa shape index (κ2) is 11.1. The number of hydrogen-bond donors (Lipinski definition) is 0. The lowest BCUT2D eigenvalue weighted by atomic mass is 9.99. The average molecular weight is 477 g/mol. The number of aromatic nitrogens is 1. The van der Waals surface area contributed by atoms with Crippen LogP contribution in [0, 0.1) is 17.2 Å². The van der Waals surface area contributed by atoms with Crippen LogP contribution in [-0.2, 0) is 9.53 Å². The first-order valence-corrected chi connectivity index (χ1v) is 12.6. The molecule has 1 aliphatic carbocycles. The Hall–Kier alpha value is -3.11. The number of rotatable bonds is 9. The van der Waals surface area contributed by atoms with E-state index in [1.165, 1.54) is 0 Å². The third-order valence-electron chi connectivity index (χ3n) is 6.83. The number of benzene rings is 1. The van der Waals surface area contributed by atoms with Crippen molar-refractivity contribution in [3.05, 3.63) is 53.2 Å². The van der Waals surface area contributed by atoms with Gasteiger partial charge in [-0.15, -0.1) is 0 Å². The number of anilines is 1. The molecule has 4 rings (SSSR count). The summed E-state index contributed by atoms with van der Waals surface area (Å²) in [5.74, 6) is 2.17. The van der Waals surface area contributed by atoms with E-state index in [4.69, 9.17) is 14.5 Å². The maximum Gasteiger partial charge on any atom is 0.225 e. The number of nitrogens with zero attached hydrogens (tertiary/aromatic N) is 4. The molecule has 35 heavy (non-hydrogen) atoms. The predicted molar refractivity (Wildman–Crippen MR) is 135 cm³/mol. The summed E-state index contributed by atoms with van der Waals surface area (Å²) >= 11 is 0. The van der Waals surface area contributed by atoms with Crippen molar-refractivity contribution >= 4 is 11.7 Å². The summed E-state index contributed by atoms with van der Waals surface area (Å²) < 4.78 is 11.7. The van der Waals surface area contributed by atoms with Crippen LogP contribution in [0.2, 0.25) is 0 Å². The van der Waals surface area contributed by atoms with E-state index in [1.54, 1.807) is 7.11 Å². The largest absolute Gasteiger partial charge is 0.483 e. The molecular weight excluding hydrogens is 440 g/mol. The minimum absolute atomic E-state index is 0.0325. The zero-order chi connectivity index (χ0) is 24.9. The van der Waals surface area contributed by atoms with E-state index in [1.807, 2.05) is 29.2 Å². The first-order valence-electron chi connectivity index (χ1n) is 12.6. The summed E-state index contributed by atoms with van der Waals surface area (Å²) in [5.41, 5.74) is 2.59. The van der Waals surface area contributed by atoms with Gasteiger partial charge in [-0.1, -0.05) is 44.2 Å². The monoisotopic (exact) mass is 476 g/mol. The van der Waals surface area contributed by atoms with Crippen molar-refractivity contribution < 1.29 is 14.3 Å². The van der Waals surface area contributed by atoms with Crippen molar-refractivity contribution in [2.75, 3.05) is 38.3 Å². The highest BCUT2D eigenvalue weighted by Crippen LogP contribution is 2.46. The molecule has 0 N–H and O–H groups in total. The molecule has 0 radical (unpaired) electrons. The van der Waals surface area contributed by atoms with Crippen LogP contribution < -0.4 is 9.64 Å². The van der Waals surface area contributed by atoms with Crippen LogP contribution in [-0.4, -0.2) is 55.2 Å². The van der Waals surface area contributed by atoms with E-state index in [9.17, 15) is 10.1 Å². The molecule has 2 atom stereocenters. The van der Waals surface area contributed by atoms with Crippen molar-refractivity contribution in [3.63, 3.8) is 0 Å². The lowest BCUT2D eigenvalue weighted by molar-refractivity contribution is -0.134. The summed E-state index contributed by atoms with van der Waals surface area (Å²) in [4.78, 5) is 21.7. The molecule has 1 aliphatic heterocycles. The number of carbonyl (C=O) groups excluding carboxylic acids is 1. The van der Waals surface area contributed by atoms with Gasteiger partial charge >= 0.3 is 0 Å². The van der Waals surface area contributed by atoms with Crippen LogP contribution in [0.3, 0.4) is 0 Å².